The number of esters is 1. The lowest BCUT2D eigenvalue weighted by atomic mass is 9.70. The summed E-state index contributed by atoms with van der Waals surface area (Å²) >= 11 is 0. The Morgan fingerprint density at radius 1 is 1.12 bits per heavy atom. The summed E-state index contributed by atoms with van der Waals surface area (Å²) in [5, 5.41) is 0. The number of hydrogen-bond acceptors (Lipinski definition) is 4. The molecule has 1 aliphatic heterocycles. The number of fused-ring (bicyclic) bond motifs is 1. The average molecular weight is 361 g/mol. The minimum atomic E-state index is -0.887. The number of rotatable bonds is 3. The molecule has 0 bridgehead atoms. The van der Waals surface area contributed by atoms with E-state index in [4.69, 9.17) is 9.47 Å². The molecule has 2 rings (SSSR count). The van der Waals surface area contributed by atoms with Crippen LogP contribution in [0, 0.1) is 5.41 Å². The normalized spacial score (nSPS) is 19.9. The van der Waals surface area contributed by atoms with Crippen LogP contribution in [0.15, 0.2) is 24.3 Å². The van der Waals surface area contributed by atoms with Crippen molar-refractivity contribution < 1.29 is 19.1 Å². The minimum absolute atomic E-state index is 0.121. The SMILES string of the molecule is CCOC(=O)C1(CC(C)(C)C)CN(C(=O)OC(C)(C)C)c2ccccc21. The number of ether oxygens (including phenoxy) is 2. The van der Waals surface area contributed by atoms with Gasteiger partial charge in [0.1, 0.15) is 11.0 Å². The fourth-order valence-corrected chi connectivity index (χ4v) is 3.61. The molecule has 1 aromatic carbocycles. The molecule has 0 saturated heterocycles. The molecule has 1 amide bonds. The largest absolute Gasteiger partial charge is 0.465 e. The van der Waals surface area contributed by atoms with Crippen molar-refractivity contribution >= 4 is 17.7 Å². The molecule has 0 aliphatic carbocycles. The van der Waals surface area contributed by atoms with Crippen molar-refractivity contribution in [2.75, 3.05) is 18.1 Å². The van der Waals surface area contributed by atoms with Crippen molar-refractivity contribution in [3.05, 3.63) is 29.8 Å². The zero-order valence-electron chi connectivity index (χ0n) is 17.0. The number of nitrogens with zero attached hydrogens (tertiary/aromatic N) is 1. The van der Waals surface area contributed by atoms with Crippen LogP contribution in [0.1, 0.15) is 60.5 Å². The van der Waals surface area contributed by atoms with Gasteiger partial charge in [0.15, 0.2) is 0 Å². The molecule has 1 atom stereocenters. The summed E-state index contributed by atoms with van der Waals surface area (Å²) < 4.78 is 11.0. The van der Waals surface area contributed by atoms with Crippen LogP contribution in [0.5, 0.6) is 0 Å². The van der Waals surface area contributed by atoms with E-state index in [0.717, 1.165) is 11.3 Å². The Kier molecular flexibility index (Phi) is 5.41. The summed E-state index contributed by atoms with van der Waals surface area (Å²) in [6, 6.07) is 7.55. The fourth-order valence-electron chi connectivity index (χ4n) is 3.61. The predicted molar refractivity (Wildman–Crippen MR) is 102 cm³/mol. The number of anilines is 1. The summed E-state index contributed by atoms with van der Waals surface area (Å²) in [7, 11) is 0. The Hall–Kier alpha value is -2.04. The number of para-hydroxylation sites is 1. The lowest BCUT2D eigenvalue weighted by Gasteiger charge is -2.34. The van der Waals surface area contributed by atoms with E-state index in [2.05, 4.69) is 20.8 Å². The van der Waals surface area contributed by atoms with Crippen LogP contribution in [-0.2, 0) is 19.7 Å². The molecule has 0 N–H and O–H groups in total. The van der Waals surface area contributed by atoms with E-state index in [1.165, 1.54) is 0 Å². The third-order valence-electron chi connectivity index (χ3n) is 4.25. The number of benzene rings is 1. The van der Waals surface area contributed by atoms with Gasteiger partial charge in [0.2, 0.25) is 0 Å². The second kappa shape index (κ2) is 6.93. The molecule has 1 heterocycles. The smallest absolute Gasteiger partial charge is 0.414 e. The van der Waals surface area contributed by atoms with E-state index in [9.17, 15) is 9.59 Å². The standard InChI is InChI=1S/C21H31NO4/c1-8-25-17(23)21(13-19(2,3)4)14-22(18(24)26-20(5,6)7)16-12-10-9-11-15(16)21/h9-12H,8,13-14H2,1-7H3. The molecule has 0 aromatic heterocycles. The second-order valence-corrected chi connectivity index (χ2v) is 9.12. The molecular weight excluding hydrogens is 330 g/mol. The molecule has 5 nitrogen and oxygen atoms in total. The van der Waals surface area contributed by atoms with Gasteiger partial charge in [-0.1, -0.05) is 39.0 Å². The van der Waals surface area contributed by atoms with Gasteiger partial charge in [0.25, 0.3) is 0 Å². The van der Waals surface area contributed by atoms with Crippen molar-refractivity contribution in [2.45, 2.75) is 65.9 Å². The van der Waals surface area contributed by atoms with Crippen molar-refractivity contribution in [2.24, 2.45) is 5.41 Å². The van der Waals surface area contributed by atoms with Gasteiger partial charge in [-0.2, -0.15) is 0 Å². The Morgan fingerprint density at radius 3 is 2.27 bits per heavy atom. The summed E-state index contributed by atoms with van der Waals surface area (Å²) in [4.78, 5) is 27.4. The van der Waals surface area contributed by atoms with Crippen molar-refractivity contribution in [1.82, 2.24) is 0 Å². The van der Waals surface area contributed by atoms with Crippen molar-refractivity contribution in [1.29, 1.82) is 0 Å². The third-order valence-corrected chi connectivity index (χ3v) is 4.25. The van der Waals surface area contributed by atoms with E-state index in [1.54, 1.807) is 11.8 Å². The quantitative estimate of drug-likeness (QED) is 0.734. The first kappa shape index (κ1) is 20.3. The second-order valence-electron chi connectivity index (χ2n) is 9.12. The van der Waals surface area contributed by atoms with Gasteiger partial charge in [-0.15, -0.1) is 0 Å². The first-order chi connectivity index (χ1) is 11.9. The first-order valence-corrected chi connectivity index (χ1v) is 9.17. The summed E-state index contributed by atoms with van der Waals surface area (Å²) in [6.07, 6.45) is 0.139. The van der Waals surface area contributed by atoms with Crippen LogP contribution in [0.25, 0.3) is 0 Å². The Balaban J connectivity index is 2.53. The zero-order valence-corrected chi connectivity index (χ0v) is 17.0. The highest BCUT2D eigenvalue weighted by atomic mass is 16.6. The number of carbonyl (C=O) groups excluding carboxylic acids is 2. The van der Waals surface area contributed by atoms with Crippen LogP contribution in [0.3, 0.4) is 0 Å². The monoisotopic (exact) mass is 361 g/mol. The van der Waals surface area contributed by atoms with E-state index in [-0.39, 0.29) is 17.9 Å². The molecule has 1 unspecified atom stereocenters. The van der Waals surface area contributed by atoms with Crippen LogP contribution in [0.4, 0.5) is 10.5 Å². The number of amides is 1. The van der Waals surface area contributed by atoms with E-state index in [0.29, 0.717) is 13.0 Å². The lowest BCUT2D eigenvalue weighted by molar-refractivity contribution is -0.150. The minimum Gasteiger partial charge on any atom is -0.465 e. The Bertz CT molecular complexity index is 684. The van der Waals surface area contributed by atoms with Gasteiger partial charge in [-0.05, 0) is 51.2 Å². The summed E-state index contributed by atoms with van der Waals surface area (Å²) in [5.74, 6) is -0.284. The van der Waals surface area contributed by atoms with E-state index < -0.39 is 17.1 Å². The highest BCUT2D eigenvalue weighted by molar-refractivity contribution is 5.98. The molecule has 144 valence electrons. The molecular formula is C21H31NO4. The molecule has 0 saturated carbocycles. The topological polar surface area (TPSA) is 55.8 Å². The Labute approximate surface area is 156 Å². The van der Waals surface area contributed by atoms with Gasteiger partial charge >= 0.3 is 12.1 Å². The van der Waals surface area contributed by atoms with Crippen molar-refractivity contribution in [3.63, 3.8) is 0 Å². The molecule has 26 heavy (non-hydrogen) atoms. The fraction of sp³-hybridized carbons (Fsp3) is 0.619. The van der Waals surface area contributed by atoms with E-state index >= 15 is 0 Å². The van der Waals surface area contributed by atoms with Crippen LogP contribution in [0.2, 0.25) is 0 Å². The highest BCUT2D eigenvalue weighted by Crippen LogP contribution is 2.48. The maximum absolute atomic E-state index is 13.1. The lowest BCUT2D eigenvalue weighted by Crippen LogP contribution is -2.46. The number of hydrogen-bond donors (Lipinski definition) is 0. The average Bonchev–Trinajstić information content (AvgIpc) is 2.80. The van der Waals surface area contributed by atoms with Crippen LogP contribution < -0.4 is 4.90 Å². The van der Waals surface area contributed by atoms with Gasteiger partial charge in [-0.25, -0.2) is 4.79 Å². The molecule has 5 heteroatoms. The molecule has 1 aromatic rings. The van der Waals surface area contributed by atoms with Gasteiger partial charge < -0.3 is 9.47 Å². The zero-order chi connectivity index (χ0) is 19.8. The molecule has 0 spiro atoms. The van der Waals surface area contributed by atoms with Gasteiger partial charge in [-0.3, -0.25) is 9.69 Å². The molecule has 0 fully saturated rings. The Morgan fingerprint density at radius 2 is 1.73 bits per heavy atom. The van der Waals surface area contributed by atoms with Crippen LogP contribution >= 0.6 is 0 Å². The third kappa shape index (κ3) is 4.19. The molecule has 1 aliphatic rings. The summed E-state index contributed by atoms with van der Waals surface area (Å²) in [5.41, 5.74) is -0.0603. The van der Waals surface area contributed by atoms with Crippen LogP contribution in [-0.4, -0.2) is 30.8 Å². The summed E-state index contributed by atoms with van der Waals surface area (Å²) in [6.45, 7) is 14.1. The van der Waals surface area contributed by atoms with Crippen molar-refractivity contribution in [3.8, 4) is 0 Å². The maximum atomic E-state index is 13.1. The van der Waals surface area contributed by atoms with Gasteiger partial charge in [0, 0.05) is 6.54 Å². The van der Waals surface area contributed by atoms with E-state index in [1.807, 2.05) is 45.0 Å². The predicted octanol–water partition coefficient (Wildman–Crippen LogP) is 4.68. The highest BCUT2D eigenvalue weighted by Gasteiger charge is 2.53. The number of carbonyl (C=O) groups is 2. The first-order valence-electron chi connectivity index (χ1n) is 9.17. The maximum Gasteiger partial charge on any atom is 0.414 e. The molecule has 0 radical (unpaired) electrons. The van der Waals surface area contributed by atoms with Gasteiger partial charge in [0.05, 0.1) is 12.3 Å².